The second-order valence-electron chi connectivity index (χ2n) is 11.8. The standard InChI is InChI=1S/C30H33N5O3/c1-29(2)18-33(26(36)16-32-20-9-10-20)25-15-21(11-12-23(25)29)35-27(37)30(3,4)34(28(35)38)17-19-13-14-31-24-8-6-5-7-22(19)24/h5-8,11-15,20,32H,9-10,16-18H2,1-4H3. The summed E-state index contributed by atoms with van der Waals surface area (Å²) in [6, 6.07) is 15.4. The zero-order chi connectivity index (χ0) is 26.8. The van der Waals surface area contributed by atoms with Gasteiger partial charge in [0.25, 0.3) is 5.91 Å². The number of urea groups is 1. The van der Waals surface area contributed by atoms with E-state index in [1.807, 2.05) is 48.5 Å². The van der Waals surface area contributed by atoms with E-state index in [4.69, 9.17) is 0 Å². The van der Waals surface area contributed by atoms with Crippen LogP contribution < -0.4 is 15.1 Å². The SMILES string of the molecule is CC1(C)CN(C(=O)CNC2CC2)c2cc(N3C(=O)N(Cc4ccnc5ccccc45)C(C)(C)C3=O)ccc21. The Kier molecular flexibility index (Phi) is 5.57. The summed E-state index contributed by atoms with van der Waals surface area (Å²) >= 11 is 0. The maximum absolute atomic E-state index is 13.8. The number of para-hydroxylation sites is 1. The summed E-state index contributed by atoms with van der Waals surface area (Å²) in [7, 11) is 0. The first-order valence-electron chi connectivity index (χ1n) is 13.2. The molecule has 0 unspecified atom stereocenters. The van der Waals surface area contributed by atoms with E-state index in [2.05, 4.69) is 24.1 Å². The van der Waals surface area contributed by atoms with Gasteiger partial charge in [0.15, 0.2) is 0 Å². The van der Waals surface area contributed by atoms with Crippen LogP contribution in [-0.2, 0) is 21.5 Å². The fraction of sp³-hybridized carbons (Fsp3) is 0.400. The maximum Gasteiger partial charge on any atom is 0.332 e. The summed E-state index contributed by atoms with van der Waals surface area (Å²) in [6.07, 6.45) is 3.96. The number of aromatic nitrogens is 1. The van der Waals surface area contributed by atoms with Crippen LogP contribution in [0.15, 0.2) is 54.7 Å². The molecule has 3 aliphatic rings. The molecule has 196 valence electrons. The molecule has 3 heterocycles. The molecule has 3 aromatic rings. The minimum absolute atomic E-state index is 0.00599. The topological polar surface area (TPSA) is 85.8 Å². The number of benzene rings is 2. The van der Waals surface area contributed by atoms with Gasteiger partial charge in [0.2, 0.25) is 5.91 Å². The van der Waals surface area contributed by atoms with Gasteiger partial charge in [-0.1, -0.05) is 38.1 Å². The van der Waals surface area contributed by atoms with Crippen molar-refractivity contribution in [1.29, 1.82) is 0 Å². The molecule has 2 aromatic carbocycles. The third kappa shape index (κ3) is 3.95. The summed E-state index contributed by atoms with van der Waals surface area (Å²) in [6.45, 7) is 8.93. The molecule has 8 nitrogen and oxygen atoms in total. The molecule has 1 aliphatic carbocycles. The Bertz CT molecular complexity index is 1470. The number of amides is 4. The zero-order valence-electron chi connectivity index (χ0n) is 22.3. The Hall–Kier alpha value is -3.78. The van der Waals surface area contributed by atoms with Gasteiger partial charge in [-0.05, 0) is 62.1 Å². The van der Waals surface area contributed by atoms with E-state index < -0.39 is 5.54 Å². The number of hydrogen-bond donors (Lipinski definition) is 1. The monoisotopic (exact) mass is 511 g/mol. The van der Waals surface area contributed by atoms with E-state index in [1.165, 1.54) is 4.90 Å². The highest BCUT2D eigenvalue weighted by atomic mass is 16.2. The molecule has 1 aromatic heterocycles. The van der Waals surface area contributed by atoms with Gasteiger partial charge in [0, 0.05) is 41.8 Å². The van der Waals surface area contributed by atoms with Crippen molar-refractivity contribution in [1.82, 2.24) is 15.2 Å². The van der Waals surface area contributed by atoms with Crippen molar-refractivity contribution >= 4 is 40.1 Å². The van der Waals surface area contributed by atoms with Crippen LogP contribution in [0.25, 0.3) is 10.9 Å². The number of rotatable bonds is 6. The highest BCUT2D eigenvalue weighted by Crippen LogP contribution is 2.44. The Morgan fingerprint density at radius 2 is 1.82 bits per heavy atom. The molecule has 0 spiro atoms. The van der Waals surface area contributed by atoms with Crippen molar-refractivity contribution in [2.45, 2.75) is 64.1 Å². The number of anilines is 2. The van der Waals surface area contributed by atoms with Crippen molar-refractivity contribution in [2.75, 3.05) is 22.9 Å². The fourth-order valence-electron chi connectivity index (χ4n) is 5.65. The normalized spacial score (nSPS) is 19.9. The fourth-order valence-corrected chi connectivity index (χ4v) is 5.65. The van der Waals surface area contributed by atoms with Crippen LogP contribution in [0.5, 0.6) is 0 Å². The molecule has 1 N–H and O–H groups in total. The summed E-state index contributed by atoms with van der Waals surface area (Å²) in [5.74, 6) is -0.280. The second kappa shape index (κ2) is 8.63. The Morgan fingerprint density at radius 1 is 1.05 bits per heavy atom. The van der Waals surface area contributed by atoms with Gasteiger partial charge < -0.3 is 15.1 Å². The molecule has 0 bridgehead atoms. The number of nitrogens with one attached hydrogen (secondary N) is 1. The average molecular weight is 512 g/mol. The van der Waals surface area contributed by atoms with E-state index in [0.717, 1.165) is 40.6 Å². The highest BCUT2D eigenvalue weighted by molar-refractivity contribution is 6.23. The quantitative estimate of drug-likeness (QED) is 0.497. The smallest absolute Gasteiger partial charge is 0.310 e. The number of imide groups is 1. The van der Waals surface area contributed by atoms with Crippen molar-refractivity contribution in [3.05, 3.63) is 65.9 Å². The van der Waals surface area contributed by atoms with Gasteiger partial charge in [0.1, 0.15) is 5.54 Å². The summed E-state index contributed by atoms with van der Waals surface area (Å²) in [4.78, 5) is 49.8. The molecular weight excluding hydrogens is 478 g/mol. The summed E-state index contributed by atoms with van der Waals surface area (Å²) < 4.78 is 0. The molecule has 1 saturated heterocycles. The molecule has 1 saturated carbocycles. The zero-order valence-corrected chi connectivity index (χ0v) is 22.3. The second-order valence-corrected chi connectivity index (χ2v) is 11.8. The lowest BCUT2D eigenvalue weighted by Gasteiger charge is -2.28. The van der Waals surface area contributed by atoms with Crippen LogP contribution in [0.4, 0.5) is 16.2 Å². The predicted octanol–water partition coefficient (Wildman–Crippen LogP) is 4.36. The molecule has 2 fully saturated rings. The number of nitrogens with zero attached hydrogens (tertiary/aromatic N) is 4. The van der Waals surface area contributed by atoms with Crippen LogP contribution in [0.1, 0.15) is 51.7 Å². The number of carbonyl (C=O) groups excluding carboxylic acids is 3. The number of fused-ring (bicyclic) bond motifs is 2. The lowest BCUT2D eigenvalue weighted by molar-refractivity contribution is -0.123. The molecule has 8 heteroatoms. The van der Waals surface area contributed by atoms with Crippen LogP contribution in [0.2, 0.25) is 0 Å². The van der Waals surface area contributed by atoms with E-state index in [9.17, 15) is 14.4 Å². The van der Waals surface area contributed by atoms with Crippen LogP contribution in [0.3, 0.4) is 0 Å². The van der Waals surface area contributed by atoms with Crippen molar-refractivity contribution in [3.8, 4) is 0 Å². The third-order valence-corrected chi connectivity index (χ3v) is 8.12. The molecular formula is C30H33N5O3. The molecule has 38 heavy (non-hydrogen) atoms. The lowest BCUT2D eigenvalue weighted by atomic mass is 9.87. The van der Waals surface area contributed by atoms with Crippen LogP contribution in [-0.4, -0.2) is 52.4 Å². The van der Waals surface area contributed by atoms with E-state index in [0.29, 0.717) is 18.3 Å². The summed E-state index contributed by atoms with van der Waals surface area (Å²) in [5.41, 5.74) is 2.81. The van der Waals surface area contributed by atoms with E-state index in [1.54, 1.807) is 29.8 Å². The van der Waals surface area contributed by atoms with Crippen molar-refractivity contribution < 1.29 is 14.4 Å². The van der Waals surface area contributed by atoms with E-state index >= 15 is 0 Å². The van der Waals surface area contributed by atoms with Crippen LogP contribution in [0, 0.1) is 0 Å². The van der Waals surface area contributed by atoms with Gasteiger partial charge in [-0.25, -0.2) is 9.69 Å². The average Bonchev–Trinajstić information content (AvgIpc) is 3.66. The van der Waals surface area contributed by atoms with Gasteiger partial charge in [-0.2, -0.15) is 0 Å². The Balaban J connectivity index is 1.32. The largest absolute Gasteiger partial charge is 0.332 e. The molecule has 4 amide bonds. The van der Waals surface area contributed by atoms with Gasteiger partial charge in [-0.3, -0.25) is 14.6 Å². The predicted molar refractivity (Wildman–Crippen MR) is 147 cm³/mol. The van der Waals surface area contributed by atoms with Gasteiger partial charge >= 0.3 is 6.03 Å². The van der Waals surface area contributed by atoms with Crippen molar-refractivity contribution in [3.63, 3.8) is 0 Å². The third-order valence-electron chi connectivity index (χ3n) is 8.12. The maximum atomic E-state index is 13.8. The summed E-state index contributed by atoms with van der Waals surface area (Å²) in [5, 5.41) is 4.26. The first kappa shape index (κ1) is 24.6. The lowest BCUT2D eigenvalue weighted by Crippen LogP contribution is -2.43. The molecule has 2 aliphatic heterocycles. The minimum atomic E-state index is -1.04. The Morgan fingerprint density at radius 3 is 2.58 bits per heavy atom. The van der Waals surface area contributed by atoms with Gasteiger partial charge in [-0.15, -0.1) is 0 Å². The van der Waals surface area contributed by atoms with Crippen LogP contribution >= 0.6 is 0 Å². The van der Waals surface area contributed by atoms with Gasteiger partial charge in [0.05, 0.1) is 17.7 Å². The Labute approximate surface area is 222 Å². The number of pyridine rings is 1. The number of carbonyl (C=O) groups is 3. The van der Waals surface area contributed by atoms with Crippen molar-refractivity contribution in [2.24, 2.45) is 0 Å². The molecule has 0 atom stereocenters. The first-order valence-corrected chi connectivity index (χ1v) is 13.2. The minimum Gasteiger partial charge on any atom is -0.310 e. The molecule has 6 rings (SSSR count). The van der Waals surface area contributed by atoms with E-state index in [-0.39, 0.29) is 36.3 Å². The highest BCUT2D eigenvalue weighted by Gasteiger charge is 2.52. The number of hydrogen-bond acceptors (Lipinski definition) is 5. The molecule has 0 radical (unpaired) electrons. The first-order chi connectivity index (χ1) is 18.1.